The highest BCUT2D eigenvalue weighted by molar-refractivity contribution is 5.82. The molecule has 2 aromatic heterocycles. The van der Waals surface area contributed by atoms with Crippen molar-refractivity contribution in [1.82, 2.24) is 19.5 Å². The summed E-state index contributed by atoms with van der Waals surface area (Å²) in [5, 5.41) is 20.9. The quantitative estimate of drug-likeness (QED) is 0.657. The molecule has 0 fully saturated rings. The van der Waals surface area contributed by atoms with Gasteiger partial charge in [-0.15, -0.1) is 0 Å². The van der Waals surface area contributed by atoms with Gasteiger partial charge in [-0.1, -0.05) is 6.92 Å². The lowest BCUT2D eigenvalue weighted by Crippen LogP contribution is -2.11. The lowest BCUT2D eigenvalue weighted by Gasteiger charge is -2.09. The van der Waals surface area contributed by atoms with Gasteiger partial charge >= 0.3 is 5.97 Å². The fourth-order valence-electron chi connectivity index (χ4n) is 1.92. The van der Waals surface area contributed by atoms with E-state index in [9.17, 15) is 4.79 Å². The Bertz CT molecular complexity index is 613. The lowest BCUT2D eigenvalue weighted by molar-refractivity contribution is -0.137. The van der Waals surface area contributed by atoms with Crippen molar-refractivity contribution in [1.29, 1.82) is 0 Å². The number of anilines is 1. The molecular weight excluding hydrogens is 274 g/mol. The van der Waals surface area contributed by atoms with Gasteiger partial charge in [0.05, 0.1) is 12.7 Å². The molecule has 0 aliphatic heterocycles. The SMILES string of the molecule is C[C@H](CO)CCNc1ncnc2c1ncn2CCC(=O)O. The average Bonchev–Trinajstić information content (AvgIpc) is 2.89. The highest BCUT2D eigenvalue weighted by atomic mass is 16.4. The van der Waals surface area contributed by atoms with Gasteiger partial charge < -0.3 is 20.1 Å². The molecule has 0 aromatic carbocycles. The first kappa shape index (κ1) is 15.2. The van der Waals surface area contributed by atoms with E-state index in [0.717, 1.165) is 6.42 Å². The molecular formula is C13H19N5O3. The molecule has 114 valence electrons. The fraction of sp³-hybridized carbons (Fsp3) is 0.538. The number of aliphatic carboxylic acids is 1. The first-order chi connectivity index (χ1) is 10.1. The largest absolute Gasteiger partial charge is 0.481 e. The smallest absolute Gasteiger partial charge is 0.305 e. The number of fused-ring (bicyclic) bond motifs is 1. The number of carbonyl (C=O) groups is 1. The van der Waals surface area contributed by atoms with Crippen LogP contribution < -0.4 is 5.32 Å². The number of aromatic nitrogens is 4. The minimum absolute atomic E-state index is 0.0201. The normalized spacial score (nSPS) is 12.5. The average molecular weight is 293 g/mol. The van der Waals surface area contributed by atoms with Crippen LogP contribution in [0.2, 0.25) is 0 Å². The third-order valence-corrected chi connectivity index (χ3v) is 3.21. The van der Waals surface area contributed by atoms with Crippen molar-refractivity contribution in [3.05, 3.63) is 12.7 Å². The summed E-state index contributed by atoms with van der Waals surface area (Å²) < 4.78 is 1.70. The Balaban J connectivity index is 2.09. The first-order valence-corrected chi connectivity index (χ1v) is 6.84. The van der Waals surface area contributed by atoms with Crippen LogP contribution in [0.15, 0.2) is 12.7 Å². The summed E-state index contributed by atoms with van der Waals surface area (Å²) in [5.74, 6) is -0.00980. The van der Waals surface area contributed by atoms with Gasteiger partial charge in [-0.3, -0.25) is 4.79 Å². The summed E-state index contributed by atoms with van der Waals surface area (Å²) in [7, 11) is 0. The molecule has 0 unspecified atom stereocenters. The number of aliphatic hydroxyl groups is 1. The number of nitrogens with zero attached hydrogens (tertiary/aromatic N) is 4. The third-order valence-electron chi connectivity index (χ3n) is 3.21. The number of carboxylic acid groups (broad SMARTS) is 1. The Labute approximate surface area is 121 Å². The van der Waals surface area contributed by atoms with Crippen molar-refractivity contribution in [3.63, 3.8) is 0 Å². The van der Waals surface area contributed by atoms with Crippen LogP contribution in [0.4, 0.5) is 5.82 Å². The summed E-state index contributed by atoms with van der Waals surface area (Å²) in [5.41, 5.74) is 1.24. The van der Waals surface area contributed by atoms with Crippen LogP contribution in [0, 0.1) is 5.92 Å². The highest BCUT2D eigenvalue weighted by Crippen LogP contribution is 2.17. The second kappa shape index (κ2) is 6.98. The summed E-state index contributed by atoms with van der Waals surface area (Å²) in [6, 6.07) is 0. The van der Waals surface area contributed by atoms with Gasteiger partial charge in [-0.2, -0.15) is 0 Å². The van der Waals surface area contributed by atoms with Gasteiger partial charge in [0, 0.05) is 19.7 Å². The summed E-state index contributed by atoms with van der Waals surface area (Å²) in [4.78, 5) is 23.2. The van der Waals surface area contributed by atoms with E-state index in [1.54, 1.807) is 10.9 Å². The zero-order valence-electron chi connectivity index (χ0n) is 11.9. The molecule has 0 aliphatic carbocycles. The van der Waals surface area contributed by atoms with Crippen molar-refractivity contribution in [3.8, 4) is 0 Å². The fourth-order valence-corrected chi connectivity index (χ4v) is 1.92. The van der Waals surface area contributed by atoms with Crippen LogP contribution in [-0.4, -0.2) is 48.9 Å². The highest BCUT2D eigenvalue weighted by Gasteiger charge is 2.11. The number of aryl methyl sites for hydroxylation is 1. The minimum atomic E-state index is -0.859. The molecule has 0 bridgehead atoms. The van der Waals surface area contributed by atoms with E-state index >= 15 is 0 Å². The molecule has 0 spiro atoms. The molecule has 0 amide bonds. The molecule has 1 atom stereocenters. The Hall–Kier alpha value is -2.22. The van der Waals surface area contributed by atoms with E-state index in [0.29, 0.717) is 30.1 Å². The Morgan fingerprint density at radius 2 is 2.24 bits per heavy atom. The molecule has 0 aliphatic rings. The van der Waals surface area contributed by atoms with E-state index in [1.165, 1.54) is 6.33 Å². The summed E-state index contributed by atoms with van der Waals surface area (Å²) in [6.45, 7) is 3.13. The maximum absolute atomic E-state index is 10.6. The number of carboxylic acids is 1. The number of hydrogen-bond donors (Lipinski definition) is 3. The van der Waals surface area contributed by atoms with Gasteiger partial charge in [0.1, 0.15) is 11.8 Å². The Morgan fingerprint density at radius 3 is 2.95 bits per heavy atom. The standard InChI is InChI=1S/C13H19N5O3/c1-9(6-19)2-4-14-12-11-13(16-7-15-12)18(8-17-11)5-3-10(20)21/h7-9,19H,2-6H2,1H3,(H,20,21)(H,14,15,16)/t9-/m0/s1. The molecule has 0 radical (unpaired) electrons. The summed E-state index contributed by atoms with van der Waals surface area (Å²) >= 11 is 0. The predicted octanol–water partition coefficient (Wildman–Crippen LogP) is 0.731. The van der Waals surface area contributed by atoms with Crippen LogP contribution in [-0.2, 0) is 11.3 Å². The van der Waals surface area contributed by atoms with Gasteiger partial charge in [0.15, 0.2) is 11.5 Å². The van der Waals surface area contributed by atoms with E-state index in [-0.39, 0.29) is 18.9 Å². The number of hydrogen-bond acceptors (Lipinski definition) is 6. The van der Waals surface area contributed by atoms with Crippen molar-refractivity contribution < 1.29 is 15.0 Å². The van der Waals surface area contributed by atoms with Crippen molar-refractivity contribution in [2.75, 3.05) is 18.5 Å². The van der Waals surface area contributed by atoms with Crippen LogP contribution in [0.1, 0.15) is 19.8 Å². The van der Waals surface area contributed by atoms with Crippen molar-refractivity contribution >= 4 is 23.0 Å². The topological polar surface area (TPSA) is 113 Å². The Morgan fingerprint density at radius 1 is 1.43 bits per heavy atom. The zero-order chi connectivity index (χ0) is 15.2. The molecule has 2 heterocycles. The molecule has 2 rings (SSSR count). The van der Waals surface area contributed by atoms with Crippen LogP contribution in [0.25, 0.3) is 11.2 Å². The molecule has 0 saturated heterocycles. The van der Waals surface area contributed by atoms with Gasteiger partial charge in [0.25, 0.3) is 0 Å². The number of nitrogens with one attached hydrogen (secondary N) is 1. The van der Waals surface area contributed by atoms with Crippen LogP contribution in [0.3, 0.4) is 0 Å². The summed E-state index contributed by atoms with van der Waals surface area (Å²) in [6.07, 6.45) is 3.84. The molecule has 2 aromatic rings. The lowest BCUT2D eigenvalue weighted by atomic mass is 10.1. The van der Waals surface area contributed by atoms with Gasteiger partial charge in [-0.25, -0.2) is 15.0 Å². The van der Waals surface area contributed by atoms with Gasteiger partial charge in [-0.05, 0) is 12.3 Å². The minimum Gasteiger partial charge on any atom is -0.481 e. The van der Waals surface area contributed by atoms with Gasteiger partial charge in [0.2, 0.25) is 0 Å². The zero-order valence-corrected chi connectivity index (χ0v) is 11.9. The molecule has 8 nitrogen and oxygen atoms in total. The second-order valence-electron chi connectivity index (χ2n) is 4.98. The maximum Gasteiger partial charge on any atom is 0.305 e. The molecule has 3 N–H and O–H groups in total. The number of imidazole rings is 1. The van der Waals surface area contributed by atoms with Crippen LogP contribution in [0.5, 0.6) is 0 Å². The van der Waals surface area contributed by atoms with Crippen molar-refractivity contribution in [2.24, 2.45) is 5.92 Å². The molecule has 21 heavy (non-hydrogen) atoms. The molecule has 0 saturated carbocycles. The first-order valence-electron chi connectivity index (χ1n) is 6.84. The van der Waals surface area contributed by atoms with E-state index in [2.05, 4.69) is 20.3 Å². The maximum atomic E-state index is 10.6. The monoisotopic (exact) mass is 293 g/mol. The number of aliphatic hydroxyl groups excluding tert-OH is 1. The molecule has 8 heteroatoms. The Kier molecular flexibility index (Phi) is 5.04. The van der Waals surface area contributed by atoms with Crippen molar-refractivity contribution in [2.45, 2.75) is 26.3 Å². The predicted molar refractivity (Wildman–Crippen MR) is 76.9 cm³/mol. The number of rotatable bonds is 8. The second-order valence-corrected chi connectivity index (χ2v) is 4.98. The van der Waals surface area contributed by atoms with E-state index < -0.39 is 5.97 Å². The third kappa shape index (κ3) is 3.88. The van der Waals surface area contributed by atoms with Crippen LogP contribution >= 0.6 is 0 Å². The van der Waals surface area contributed by atoms with E-state index in [4.69, 9.17) is 10.2 Å². The van der Waals surface area contributed by atoms with E-state index in [1.807, 2.05) is 6.92 Å².